The molecule has 0 spiro atoms. The minimum absolute atomic E-state index is 0.0529. The van der Waals surface area contributed by atoms with Gasteiger partial charge in [0, 0.05) is 17.4 Å². The van der Waals surface area contributed by atoms with Crippen LogP contribution >= 0.6 is 0 Å². The van der Waals surface area contributed by atoms with Crippen molar-refractivity contribution in [2.75, 3.05) is 0 Å². The Morgan fingerprint density at radius 2 is 1.76 bits per heavy atom. The smallest absolute Gasteiger partial charge is 0.121 e. The molecule has 0 amide bonds. The summed E-state index contributed by atoms with van der Waals surface area (Å²) in [5.41, 5.74) is 2.63. The zero-order chi connectivity index (χ0) is 14.2. The second-order valence-corrected chi connectivity index (χ2v) is 6.79. The van der Waals surface area contributed by atoms with Gasteiger partial charge < -0.3 is 9.84 Å². The van der Waals surface area contributed by atoms with Gasteiger partial charge in [-0.2, -0.15) is 0 Å². The van der Waals surface area contributed by atoms with Crippen molar-refractivity contribution in [1.82, 2.24) is 0 Å². The van der Waals surface area contributed by atoms with Crippen LogP contribution in [0.15, 0.2) is 35.9 Å². The van der Waals surface area contributed by atoms with Gasteiger partial charge in [0.15, 0.2) is 0 Å². The summed E-state index contributed by atoms with van der Waals surface area (Å²) in [6.45, 7) is 0. The quantitative estimate of drug-likeness (QED) is 0.754. The Bertz CT molecular complexity index is 548. The van der Waals surface area contributed by atoms with Gasteiger partial charge in [-0.15, -0.1) is 0 Å². The van der Waals surface area contributed by atoms with Gasteiger partial charge in [-0.1, -0.05) is 42.7 Å². The summed E-state index contributed by atoms with van der Waals surface area (Å²) >= 11 is 0. The van der Waals surface area contributed by atoms with Crippen molar-refractivity contribution in [3.05, 3.63) is 41.5 Å². The molecule has 1 heterocycles. The minimum Gasteiger partial charge on any atom is -0.508 e. The van der Waals surface area contributed by atoms with Gasteiger partial charge in [-0.05, 0) is 38.2 Å². The number of aromatic hydroxyl groups is 1. The SMILES string of the molecule is Oc1ccccc1[C@@H]1O[C@@H]2CCCC[C@@H]2C2=CCCC[C@H]21. The number of ether oxygens (including phenoxy) is 1. The van der Waals surface area contributed by atoms with Gasteiger partial charge in [0.2, 0.25) is 0 Å². The molecule has 1 aliphatic heterocycles. The number of benzene rings is 1. The topological polar surface area (TPSA) is 29.5 Å². The van der Waals surface area contributed by atoms with E-state index >= 15 is 0 Å². The molecule has 0 bridgehead atoms. The van der Waals surface area contributed by atoms with E-state index in [2.05, 4.69) is 6.08 Å². The zero-order valence-corrected chi connectivity index (χ0v) is 12.5. The van der Waals surface area contributed by atoms with Crippen LogP contribution in [-0.4, -0.2) is 11.2 Å². The maximum atomic E-state index is 10.2. The summed E-state index contributed by atoms with van der Waals surface area (Å²) in [4.78, 5) is 0. The summed E-state index contributed by atoms with van der Waals surface area (Å²) in [5.74, 6) is 1.51. The van der Waals surface area contributed by atoms with Crippen molar-refractivity contribution in [2.45, 2.75) is 57.2 Å². The van der Waals surface area contributed by atoms with Gasteiger partial charge in [0.25, 0.3) is 0 Å². The molecule has 1 aromatic rings. The normalized spacial score (nSPS) is 35.5. The molecule has 2 nitrogen and oxygen atoms in total. The molecule has 0 aromatic heterocycles. The highest BCUT2D eigenvalue weighted by Gasteiger charge is 2.44. The van der Waals surface area contributed by atoms with E-state index in [-0.39, 0.29) is 6.10 Å². The number of phenolic OH excluding ortho intramolecular Hbond substituents is 1. The van der Waals surface area contributed by atoms with E-state index in [4.69, 9.17) is 4.74 Å². The van der Waals surface area contributed by atoms with E-state index < -0.39 is 0 Å². The first-order chi connectivity index (χ1) is 10.3. The third kappa shape index (κ3) is 2.30. The number of allylic oxidation sites excluding steroid dienone is 1. The molecular weight excluding hydrogens is 260 g/mol. The number of phenols is 1. The minimum atomic E-state index is 0.0529. The molecule has 1 saturated carbocycles. The van der Waals surface area contributed by atoms with Gasteiger partial charge in [-0.3, -0.25) is 0 Å². The molecule has 1 aromatic carbocycles. The zero-order valence-electron chi connectivity index (χ0n) is 12.5. The highest BCUT2D eigenvalue weighted by Crippen LogP contribution is 2.52. The Balaban J connectivity index is 1.72. The molecule has 2 aliphatic carbocycles. The fourth-order valence-corrected chi connectivity index (χ4v) is 4.62. The lowest BCUT2D eigenvalue weighted by molar-refractivity contribution is -0.107. The molecule has 112 valence electrons. The first-order valence-electron chi connectivity index (χ1n) is 8.48. The van der Waals surface area contributed by atoms with E-state index in [9.17, 15) is 5.11 Å². The van der Waals surface area contributed by atoms with Gasteiger partial charge in [-0.25, -0.2) is 0 Å². The van der Waals surface area contributed by atoms with Gasteiger partial charge in [0.1, 0.15) is 5.75 Å². The molecule has 21 heavy (non-hydrogen) atoms. The van der Waals surface area contributed by atoms with Crippen LogP contribution in [-0.2, 0) is 4.74 Å². The van der Waals surface area contributed by atoms with Crippen molar-refractivity contribution in [3.63, 3.8) is 0 Å². The first-order valence-corrected chi connectivity index (χ1v) is 8.48. The van der Waals surface area contributed by atoms with Crippen molar-refractivity contribution in [3.8, 4) is 5.75 Å². The first kappa shape index (κ1) is 13.4. The van der Waals surface area contributed by atoms with Crippen LogP contribution < -0.4 is 0 Å². The Hall–Kier alpha value is -1.28. The second-order valence-electron chi connectivity index (χ2n) is 6.79. The molecular formula is C19H24O2. The highest BCUT2D eigenvalue weighted by molar-refractivity contribution is 5.37. The Morgan fingerprint density at radius 1 is 0.952 bits per heavy atom. The summed E-state index contributed by atoms with van der Waals surface area (Å²) in [6, 6.07) is 7.73. The fourth-order valence-electron chi connectivity index (χ4n) is 4.62. The molecule has 0 unspecified atom stereocenters. The van der Waals surface area contributed by atoms with Crippen molar-refractivity contribution < 1.29 is 9.84 Å². The molecule has 0 radical (unpaired) electrons. The van der Waals surface area contributed by atoms with Crippen LogP contribution in [0.25, 0.3) is 0 Å². The molecule has 4 rings (SSSR count). The van der Waals surface area contributed by atoms with Crippen LogP contribution in [0.2, 0.25) is 0 Å². The summed E-state index contributed by atoms with van der Waals surface area (Å²) in [6.07, 6.45) is 11.7. The van der Waals surface area contributed by atoms with Crippen LogP contribution in [0.4, 0.5) is 0 Å². The maximum absolute atomic E-state index is 10.2. The van der Waals surface area contributed by atoms with E-state index in [0.29, 0.717) is 23.7 Å². The van der Waals surface area contributed by atoms with Crippen LogP contribution in [0, 0.1) is 11.8 Å². The Labute approximate surface area is 126 Å². The van der Waals surface area contributed by atoms with Crippen molar-refractivity contribution in [1.29, 1.82) is 0 Å². The van der Waals surface area contributed by atoms with Crippen LogP contribution in [0.1, 0.15) is 56.6 Å². The molecule has 3 aliphatic rings. The number of rotatable bonds is 1. The van der Waals surface area contributed by atoms with E-state index in [1.165, 1.54) is 44.9 Å². The van der Waals surface area contributed by atoms with Crippen molar-refractivity contribution >= 4 is 0 Å². The maximum Gasteiger partial charge on any atom is 0.121 e. The Morgan fingerprint density at radius 3 is 2.67 bits per heavy atom. The largest absolute Gasteiger partial charge is 0.508 e. The molecule has 4 atom stereocenters. The molecule has 2 fully saturated rings. The van der Waals surface area contributed by atoms with Gasteiger partial charge in [0.05, 0.1) is 12.2 Å². The average Bonchev–Trinajstić information content (AvgIpc) is 2.55. The number of para-hydroxylation sites is 1. The number of hydrogen-bond donors (Lipinski definition) is 1. The average molecular weight is 284 g/mol. The molecule has 1 saturated heterocycles. The van der Waals surface area contributed by atoms with Crippen molar-refractivity contribution in [2.24, 2.45) is 11.8 Å². The van der Waals surface area contributed by atoms with Crippen LogP contribution in [0.3, 0.4) is 0 Å². The third-order valence-corrected chi connectivity index (χ3v) is 5.59. The van der Waals surface area contributed by atoms with E-state index in [0.717, 1.165) is 5.56 Å². The summed E-state index contributed by atoms with van der Waals surface area (Å²) in [5, 5.41) is 10.2. The second kappa shape index (κ2) is 5.49. The lowest BCUT2D eigenvalue weighted by Crippen LogP contribution is -2.41. The Kier molecular flexibility index (Phi) is 3.50. The summed E-state index contributed by atoms with van der Waals surface area (Å²) < 4.78 is 6.53. The lowest BCUT2D eigenvalue weighted by atomic mass is 9.68. The van der Waals surface area contributed by atoms with E-state index in [1.807, 2.05) is 18.2 Å². The standard InChI is InChI=1S/C19H24O2/c20-17-11-5-3-10-16(17)19-15-9-2-1-7-13(15)14-8-4-6-12-18(14)21-19/h3,5,7,10-11,14-15,18-20H,1-2,4,6,8-9,12H2/t14-,15-,18-,19-/m1/s1. The molecule has 2 heteroatoms. The highest BCUT2D eigenvalue weighted by atomic mass is 16.5. The lowest BCUT2D eigenvalue weighted by Gasteiger charge is -2.47. The monoisotopic (exact) mass is 284 g/mol. The molecule has 1 N–H and O–H groups in total. The van der Waals surface area contributed by atoms with Crippen LogP contribution in [0.5, 0.6) is 5.75 Å². The number of fused-ring (bicyclic) bond motifs is 3. The fraction of sp³-hybridized carbons (Fsp3) is 0.579. The predicted molar refractivity (Wildman–Crippen MR) is 83.1 cm³/mol. The number of hydrogen-bond acceptors (Lipinski definition) is 2. The van der Waals surface area contributed by atoms with Gasteiger partial charge >= 0.3 is 0 Å². The summed E-state index contributed by atoms with van der Waals surface area (Å²) in [7, 11) is 0. The predicted octanol–water partition coefficient (Wildman–Crippen LogP) is 4.75. The van der Waals surface area contributed by atoms with E-state index in [1.54, 1.807) is 11.6 Å². The third-order valence-electron chi connectivity index (χ3n) is 5.59.